The van der Waals surface area contributed by atoms with Crippen LogP contribution in [0, 0.1) is 10.1 Å². The lowest BCUT2D eigenvalue weighted by molar-refractivity contribution is -0.384. The normalized spacial score (nSPS) is 13.3. The van der Waals surface area contributed by atoms with Gasteiger partial charge in [0.1, 0.15) is 0 Å². The molecule has 2 atom stereocenters. The SMILES string of the molecule is CC[C@@H](C)NC(=O)C[C@@H](c1cccc([N+](=O)[O-])c1)c1c[nH]c2ccccc12. The molecule has 6 heteroatoms. The zero-order chi connectivity index (χ0) is 19.4. The molecule has 0 unspecified atom stereocenters. The van der Waals surface area contributed by atoms with E-state index in [1.807, 2.05) is 50.4 Å². The summed E-state index contributed by atoms with van der Waals surface area (Å²) < 4.78 is 0. The Morgan fingerprint density at radius 2 is 2.00 bits per heavy atom. The number of para-hydroxylation sites is 1. The number of hydrogen-bond donors (Lipinski definition) is 2. The molecule has 1 amide bonds. The van der Waals surface area contributed by atoms with Crippen LogP contribution in [0.3, 0.4) is 0 Å². The first-order valence-electron chi connectivity index (χ1n) is 9.09. The van der Waals surface area contributed by atoms with E-state index in [1.54, 1.807) is 12.1 Å². The minimum Gasteiger partial charge on any atom is -0.361 e. The minimum atomic E-state index is -0.408. The number of rotatable bonds is 7. The van der Waals surface area contributed by atoms with Crippen LogP contribution in [0.25, 0.3) is 10.9 Å². The second-order valence-electron chi connectivity index (χ2n) is 6.78. The van der Waals surface area contributed by atoms with Gasteiger partial charge in [0.25, 0.3) is 5.69 Å². The number of nitro groups is 1. The number of H-pyrrole nitrogens is 1. The Kier molecular flexibility index (Phi) is 5.54. The van der Waals surface area contributed by atoms with Gasteiger partial charge in [-0.3, -0.25) is 14.9 Å². The van der Waals surface area contributed by atoms with Crippen LogP contribution in [-0.4, -0.2) is 21.9 Å². The molecule has 6 nitrogen and oxygen atoms in total. The Labute approximate surface area is 157 Å². The van der Waals surface area contributed by atoms with Crippen molar-refractivity contribution in [1.82, 2.24) is 10.3 Å². The summed E-state index contributed by atoms with van der Waals surface area (Å²) in [5, 5.41) is 15.2. The summed E-state index contributed by atoms with van der Waals surface area (Å²) in [6.07, 6.45) is 2.97. The topological polar surface area (TPSA) is 88.0 Å². The quantitative estimate of drug-likeness (QED) is 0.477. The number of amides is 1. The average molecular weight is 365 g/mol. The number of carbonyl (C=O) groups excluding carboxylic acids is 1. The number of aromatic amines is 1. The zero-order valence-electron chi connectivity index (χ0n) is 15.4. The molecule has 2 N–H and O–H groups in total. The molecular formula is C21H23N3O3. The number of benzene rings is 2. The predicted octanol–water partition coefficient (Wildman–Crippen LogP) is 4.51. The zero-order valence-corrected chi connectivity index (χ0v) is 15.4. The van der Waals surface area contributed by atoms with E-state index in [2.05, 4.69) is 10.3 Å². The van der Waals surface area contributed by atoms with Gasteiger partial charge in [-0.2, -0.15) is 0 Å². The van der Waals surface area contributed by atoms with Crippen LogP contribution < -0.4 is 5.32 Å². The Balaban J connectivity index is 2.02. The fraction of sp³-hybridized carbons (Fsp3) is 0.286. The van der Waals surface area contributed by atoms with E-state index in [1.165, 1.54) is 6.07 Å². The van der Waals surface area contributed by atoms with Crippen molar-refractivity contribution in [3.05, 3.63) is 76.0 Å². The van der Waals surface area contributed by atoms with Gasteiger partial charge >= 0.3 is 0 Å². The summed E-state index contributed by atoms with van der Waals surface area (Å²) >= 11 is 0. The summed E-state index contributed by atoms with van der Waals surface area (Å²) in [5.41, 5.74) is 2.73. The fourth-order valence-electron chi connectivity index (χ4n) is 3.27. The molecule has 140 valence electrons. The number of hydrogen-bond acceptors (Lipinski definition) is 3. The van der Waals surface area contributed by atoms with Gasteiger partial charge in [-0.05, 0) is 30.5 Å². The van der Waals surface area contributed by atoms with Gasteiger partial charge in [0, 0.05) is 47.6 Å². The van der Waals surface area contributed by atoms with Crippen LogP contribution in [0.5, 0.6) is 0 Å². The maximum absolute atomic E-state index is 12.6. The molecule has 1 heterocycles. The molecule has 0 aliphatic rings. The van der Waals surface area contributed by atoms with Gasteiger partial charge in [-0.25, -0.2) is 0 Å². The second-order valence-corrected chi connectivity index (χ2v) is 6.78. The van der Waals surface area contributed by atoms with Crippen molar-refractivity contribution < 1.29 is 9.72 Å². The van der Waals surface area contributed by atoms with Crippen LogP contribution >= 0.6 is 0 Å². The molecule has 0 saturated carbocycles. The predicted molar refractivity (Wildman–Crippen MR) is 106 cm³/mol. The number of nitro benzene ring substituents is 1. The van der Waals surface area contributed by atoms with Gasteiger partial charge in [-0.1, -0.05) is 37.3 Å². The number of nitrogens with one attached hydrogen (secondary N) is 2. The molecule has 0 bridgehead atoms. The third-order valence-electron chi connectivity index (χ3n) is 4.89. The molecule has 3 aromatic rings. The number of non-ortho nitro benzene ring substituents is 1. The van der Waals surface area contributed by atoms with Crippen molar-refractivity contribution in [2.24, 2.45) is 0 Å². The maximum Gasteiger partial charge on any atom is 0.269 e. The Morgan fingerprint density at radius 1 is 1.22 bits per heavy atom. The summed E-state index contributed by atoms with van der Waals surface area (Å²) in [4.78, 5) is 26.6. The molecule has 3 rings (SSSR count). The highest BCUT2D eigenvalue weighted by Gasteiger charge is 2.23. The van der Waals surface area contributed by atoms with Gasteiger partial charge in [0.2, 0.25) is 5.91 Å². The summed E-state index contributed by atoms with van der Waals surface area (Å²) in [6, 6.07) is 14.5. The largest absolute Gasteiger partial charge is 0.361 e. The highest BCUT2D eigenvalue weighted by molar-refractivity contribution is 5.86. The molecule has 0 fully saturated rings. The Morgan fingerprint density at radius 3 is 2.74 bits per heavy atom. The summed E-state index contributed by atoms with van der Waals surface area (Å²) in [6.45, 7) is 3.98. The lowest BCUT2D eigenvalue weighted by Gasteiger charge is -2.19. The smallest absolute Gasteiger partial charge is 0.269 e. The number of carbonyl (C=O) groups is 1. The number of nitrogens with zero attached hydrogens (tertiary/aromatic N) is 1. The van der Waals surface area contributed by atoms with E-state index >= 15 is 0 Å². The highest BCUT2D eigenvalue weighted by atomic mass is 16.6. The maximum atomic E-state index is 12.6. The molecular weight excluding hydrogens is 342 g/mol. The van der Waals surface area contributed by atoms with Crippen molar-refractivity contribution in [2.45, 2.75) is 38.6 Å². The molecule has 2 aromatic carbocycles. The standard InChI is InChI=1S/C21H23N3O3/c1-3-14(2)23-21(25)12-18(15-7-6-8-16(11-15)24(26)27)19-13-22-20-10-5-4-9-17(19)20/h4-11,13-14,18,22H,3,12H2,1-2H3,(H,23,25)/t14-,18+/m1/s1. The molecule has 0 radical (unpaired) electrons. The van der Waals surface area contributed by atoms with E-state index in [4.69, 9.17) is 0 Å². The summed E-state index contributed by atoms with van der Waals surface area (Å²) in [5.74, 6) is -0.337. The third kappa shape index (κ3) is 4.16. The van der Waals surface area contributed by atoms with Crippen molar-refractivity contribution in [1.29, 1.82) is 0 Å². The average Bonchev–Trinajstić information content (AvgIpc) is 3.10. The van der Waals surface area contributed by atoms with Gasteiger partial charge in [-0.15, -0.1) is 0 Å². The van der Waals surface area contributed by atoms with Crippen LogP contribution in [0.2, 0.25) is 0 Å². The molecule has 1 aromatic heterocycles. The lowest BCUT2D eigenvalue weighted by atomic mass is 9.87. The molecule has 0 aliphatic heterocycles. The highest BCUT2D eigenvalue weighted by Crippen LogP contribution is 2.34. The first-order valence-corrected chi connectivity index (χ1v) is 9.09. The first kappa shape index (κ1) is 18.6. The van der Waals surface area contributed by atoms with Crippen molar-refractivity contribution in [3.8, 4) is 0 Å². The summed E-state index contributed by atoms with van der Waals surface area (Å²) in [7, 11) is 0. The van der Waals surface area contributed by atoms with Crippen molar-refractivity contribution in [2.75, 3.05) is 0 Å². The van der Waals surface area contributed by atoms with Crippen LogP contribution in [0.4, 0.5) is 5.69 Å². The van der Waals surface area contributed by atoms with Gasteiger partial charge in [0.05, 0.1) is 4.92 Å². The van der Waals surface area contributed by atoms with E-state index < -0.39 is 4.92 Å². The van der Waals surface area contributed by atoms with Crippen molar-refractivity contribution in [3.63, 3.8) is 0 Å². The molecule has 27 heavy (non-hydrogen) atoms. The second kappa shape index (κ2) is 8.03. The lowest BCUT2D eigenvalue weighted by Crippen LogP contribution is -2.33. The van der Waals surface area contributed by atoms with Crippen LogP contribution in [0.15, 0.2) is 54.7 Å². The number of aromatic nitrogens is 1. The molecule has 0 aliphatic carbocycles. The molecule has 0 saturated heterocycles. The monoisotopic (exact) mass is 365 g/mol. The molecule has 0 spiro atoms. The van der Waals surface area contributed by atoms with Crippen molar-refractivity contribution >= 4 is 22.5 Å². The van der Waals surface area contributed by atoms with E-state index in [0.717, 1.165) is 28.5 Å². The van der Waals surface area contributed by atoms with Gasteiger partial charge in [0.15, 0.2) is 0 Å². The number of fused-ring (bicyclic) bond motifs is 1. The third-order valence-corrected chi connectivity index (χ3v) is 4.89. The Bertz CT molecular complexity index is 964. The van der Waals surface area contributed by atoms with E-state index in [0.29, 0.717) is 0 Å². The Hall–Kier alpha value is -3.15. The van der Waals surface area contributed by atoms with E-state index in [-0.39, 0.29) is 30.0 Å². The minimum absolute atomic E-state index is 0.0275. The fourth-order valence-corrected chi connectivity index (χ4v) is 3.27. The van der Waals surface area contributed by atoms with Crippen LogP contribution in [-0.2, 0) is 4.79 Å². The van der Waals surface area contributed by atoms with Gasteiger partial charge < -0.3 is 10.3 Å². The first-order chi connectivity index (χ1) is 13.0. The van der Waals surface area contributed by atoms with Crippen LogP contribution in [0.1, 0.15) is 43.7 Å². The van der Waals surface area contributed by atoms with E-state index in [9.17, 15) is 14.9 Å².